The number of imidazole rings is 1. The largest absolute Gasteiger partial charge is 2.00 e. The van der Waals surface area contributed by atoms with Crippen molar-refractivity contribution in [3.05, 3.63) is 125 Å². The summed E-state index contributed by atoms with van der Waals surface area (Å²) in [5, 5.41) is 3.24. The first-order valence-electron chi connectivity index (χ1n) is 17.8. The molecule has 2 aliphatic rings. The number of hydrogen-bond acceptors (Lipinski definition) is 5. The minimum atomic E-state index is -0.406. The Labute approximate surface area is 320 Å². The monoisotopic (exact) mass is 863 g/mol. The van der Waals surface area contributed by atoms with E-state index in [4.69, 9.17) is 19.4 Å². The summed E-state index contributed by atoms with van der Waals surface area (Å²) in [6.45, 7) is 20.3. The van der Waals surface area contributed by atoms with Crippen LogP contribution in [0.2, 0.25) is 0 Å². The van der Waals surface area contributed by atoms with Crippen molar-refractivity contribution < 1.29 is 30.5 Å². The van der Waals surface area contributed by atoms with Gasteiger partial charge in [-0.05, 0) is 59.1 Å². The van der Waals surface area contributed by atoms with Gasteiger partial charge in [0.15, 0.2) is 0 Å². The zero-order valence-electron chi connectivity index (χ0n) is 31.1. The van der Waals surface area contributed by atoms with Crippen LogP contribution in [0.25, 0.3) is 27.3 Å². The summed E-state index contributed by atoms with van der Waals surface area (Å²) < 4.78 is 15.7. The summed E-state index contributed by atoms with van der Waals surface area (Å²) in [6.07, 6.45) is 3.93. The number of benzene rings is 4. The van der Waals surface area contributed by atoms with Gasteiger partial charge in [0.1, 0.15) is 5.82 Å². The number of nitrogens with zero attached hydrogens (tertiary/aromatic N) is 4. The van der Waals surface area contributed by atoms with E-state index in [2.05, 4.69) is 138 Å². The molecule has 2 aliphatic heterocycles. The number of pyridine rings is 2. The molecule has 0 atom stereocenters. The molecule has 52 heavy (non-hydrogen) atoms. The van der Waals surface area contributed by atoms with Crippen molar-refractivity contribution in [1.29, 1.82) is 0 Å². The van der Waals surface area contributed by atoms with E-state index in [9.17, 15) is 0 Å². The number of para-hydroxylation sites is 1. The van der Waals surface area contributed by atoms with Crippen molar-refractivity contribution in [3.8, 4) is 17.2 Å². The van der Waals surface area contributed by atoms with E-state index in [-0.39, 0.29) is 37.3 Å². The smallest absolute Gasteiger partial charge is 0.599 e. The van der Waals surface area contributed by atoms with Crippen LogP contribution in [-0.4, -0.2) is 21.4 Å². The summed E-state index contributed by atoms with van der Waals surface area (Å²) in [7, 11) is -0.406. The number of rotatable bonds is 4. The van der Waals surface area contributed by atoms with E-state index in [1.165, 1.54) is 27.7 Å². The summed E-state index contributed by atoms with van der Waals surface area (Å²) in [5.41, 5.74) is 9.84. The van der Waals surface area contributed by atoms with Crippen molar-refractivity contribution >= 4 is 51.3 Å². The Bertz CT molecular complexity index is 2560. The molecule has 0 fully saturated rings. The number of aromatic nitrogens is 3. The number of anilines is 2. The van der Waals surface area contributed by atoms with Crippen molar-refractivity contribution in [2.45, 2.75) is 78.6 Å². The third-order valence-corrected chi connectivity index (χ3v) is 11.8. The number of ether oxygens (including phenoxy) is 1. The third kappa shape index (κ3) is 4.88. The van der Waals surface area contributed by atoms with Crippen molar-refractivity contribution in [1.82, 2.24) is 14.4 Å². The molecule has 0 radical (unpaired) electrons. The van der Waals surface area contributed by atoms with E-state index in [1.807, 2.05) is 30.6 Å². The Morgan fingerprint density at radius 1 is 0.808 bits per heavy atom. The van der Waals surface area contributed by atoms with Crippen LogP contribution >= 0.6 is 0 Å². The van der Waals surface area contributed by atoms with Gasteiger partial charge in [-0.3, -0.25) is 4.98 Å². The van der Waals surface area contributed by atoms with E-state index in [0.717, 1.165) is 50.3 Å². The van der Waals surface area contributed by atoms with Gasteiger partial charge in [0.05, 0.1) is 5.65 Å². The fourth-order valence-electron chi connectivity index (χ4n) is 8.14. The summed E-state index contributed by atoms with van der Waals surface area (Å²) in [5.74, 6) is 2.70. The predicted molar refractivity (Wildman–Crippen MR) is 207 cm³/mol. The molecule has 6 nitrogen and oxygen atoms in total. The summed E-state index contributed by atoms with van der Waals surface area (Å²) in [6, 6.07) is 32.5. The van der Waals surface area contributed by atoms with Crippen molar-refractivity contribution in [3.63, 3.8) is 0 Å². The van der Waals surface area contributed by atoms with E-state index < -0.39 is 7.05 Å². The fourth-order valence-corrected chi connectivity index (χ4v) is 8.14. The molecule has 0 saturated carbocycles. The van der Waals surface area contributed by atoms with Gasteiger partial charge in [-0.1, -0.05) is 113 Å². The van der Waals surface area contributed by atoms with Crippen molar-refractivity contribution in [2.75, 3.05) is 4.81 Å². The minimum Gasteiger partial charge on any atom is -0.599 e. The summed E-state index contributed by atoms with van der Waals surface area (Å²) >= 11 is 0. The van der Waals surface area contributed by atoms with E-state index in [0.29, 0.717) is 11.5 Å². The third-order valence-electron chi connectivity index (χ3n) is 11.8. The molecule has 4 aromatic carbocycles. The average Bonchev–Trinajstić information content (AvgIpc) is 3.70. The first-order chi connectivity index (χ1) is 24.3. The Kier molecular flexibility index (Phi) is 7.76. The van der Waals surface area contributed by atoms with Gasteiger partial charge in [0.2, 0.25) is 0 Å². The molecule has 0 N–H and O–H groups in total. The quantitative estimate of drug-likeness (QED) is 0.100. The maximum absolute atomic E-state index is 6.73. The van der Waals surface area contributed by atoms with Crippen molar-refractivity contribution in [2.24, 2.45) is 0 Å². The molecule has 0 saturated heterocycles. The standard InChI is InChI=1S/C44H41BN4O2.Pt/c1-26-12-10-13-27(2)39(26)45-49(38-22-28(20-21-46-38)42(3,4)5)35-24-30(17-19-36(35)51-45)50-29-16-18-31-32-14-11-15-34-40(32)48-37(44(8,9)43(34,6)7)25-47-41(48)33(31)23-29;/h10-22,25H,1-9H3;/q-2;+2. The average molecular weight is 864 g/mol. The Morgan fingerprint density at radius 3 is 2.27 bits per heavy atom. The number of fused-ring (bicyclic) bond motifs is 4. The molecule has 0 spiro atoms. The molecule has 0 aliphatic carbocycles. The molecule has 3 aromatic heterocycles. The van der Waals surface area contributed by atoms with Gasteiger partial charge in [-0.2, -0.15) is 0 Å². The topological polar surface area (TPSA) is 51.9 Å². The van der Waals surface area contributed by atoms with Crippen LogP contribution in [0.1, 0.15) is 76.4 Å². The van der Waals surface area contributed by atoms with Gasteiger partial charge in [0, 0.05) is 51.7 Å². The maximum atomic E-state index is 6.73. The van der Waals surface area contributed by atoms with E-state index in [1.54, 1.807) is 0 Å². The van der Waals surface area contributed by atoms with Crippen LogP contribution in [0.15, 0.2) is 85.2 Å². The first-order valence-corrected chi connectivity index (χ1v) is 17.8. The van der Waals surface area contributed by atoms with Crippen LogP contribution < -0.4 is 19.7 Å². The van der Waals surface area contributed by atoms with Crippen LogP contribution in [0.3, 0.4) is 0 Å². The predicted octanol–water partition coefficient (Wildman–Crippen LogP) is 9.83. The normalized spacial score (nSPS) is 15.6. The SMILES string of the molecule is Cc1cccc(C)c1B1Oc2ccc(Oc3[c-]c4c(cc3)c3cccc5c3n3c(cnc43)C(C)(C)C5(C)C)[c-]c2N1c1cc(C(C)(C)C)ccn1.[Pt+2]. The van der Waals surface area contributed by atoms with Gasteiger partial charge >= 0.3 is 28.1 Å². The van der Waals surface area contributed by atoms with Crippen LogP contribution in [0, 0.1) is 26.0 Å². The van der Waals surface area contributed by atoms with Gasteiger partial charge in [0.25, 0.3) is 0 Å². The summed E-state index contributed by atoms with van der Waals surface area (Å²) in [4.78, 5) is 12.0. The zero-order valence-corrected chi connectivity index (χ0v) is 33.4. The number of aryl methyl sites for hydroxylation is 2. The van der Waals surface area contributed by atoms with Crippen LogP contribution in [0.4, 0.5) is 11.5 Å². The Hall–Kier alpha value is -4.61. The second-order valence-electron chi connectivity index (χ2n) is 16.3. The molecule has 5 heterocycles. The molecule has 0 unspecified atom stereocenters. The molecule has 0 amide bonds. The fraction of sp³-hybridized carbons (Fsp3) is 0.273. The molecule has 7 aromatic rings. The van der Waals surface area contributed by atoms with Gasteiger partial charge in [-0.25, -0.2) is 4.98 Å². The molecular formula is C44H41BN4O2Pt. The van der Waals surface area contributed by atoms with Crippen LogP contribution in [0.5, 0.6) is 17.2 Å². The minimum absolute atomic E-state index is 0. The maximum Gasteiger partial charge on any atom is 2.00 e. The Balaban J connectivity index is 0.00000387. The molecule has 9 rings (SSSR count). The van der Waals surface area contributed by atoms with Gasteiger partial charge < -0.3 is 18.6 Å². The van der Waals surface area contributed by atoms with E-state index >= 15 is 0 Å². The Morgan fingerprint density at radius 2 is 1.52 bits per heavy atom. The molecular weight excluding hydrogens is 822 g/mol. The molecule has 8 heteroatoms. The van der Waals surface area contributed by atoms with Gasteiger partial charge in [-0.15, -0.1) is 30.3 Å². The molecule has 262 valence electrons. The second kappa shape index (κ2) is 11.7. The first kappa shape index (κ1) is 34.5. The second-order valence-corrected chi connectivity index (χ2v) is 16.3. The zero-order chi connectivity index (χ0) is 35.6. The molecule has 0 bridgehead atoms. The van der Waals surface area contributed by atoms with Crippen LogP contribution in [-0.2, 0) is 37.3 Å². The number of hydrogen-bond donors (Lipinski definition) is 0.